The molecule has 0 amide bonds. The minimum absolute atomic E-state index is 0.167. The lowest BCUT2D eigenvalue weighted by molar-refractivity contribution is 0.0266. The minimum Gasteiger partial charge on any atom is -0.491 e. The Bertz CT molecular complexity index is 382. The first-order chi connectivity index (χ1) is 9.65. The van der Waals surface area contributed by atoms with Crippen LogP contribution >= 0.6 is 0 Å². The first kappa shape index (κ1) is 15.3. The van der Waals surface area contributed by atoms with Gasteiger partial charge in [-0.15, -0.1) is 0 Å². The van der Waals surface area contributed by atoms with Gasteiger partial charge >= 0.3 is 0 Å². The van der Waals surface area contributed by atoms with E-state index in [1.54, 1.807) is 0 Å². The second-order valence-electron chi connectivity index (χ2n) is 5.91. The fourth-order valence-electron chi connectivity index (χ4n) is 2.36. The van der Waals surface area contributed by atoms with Crippen LogP contribution in [0.1, 0.15) is 51.2 Å². The van der Waals surface area contributed by atoms with E-state index in [-0.39, 0.29) is 6.10 Å². The van der Waals surface area contributed by atoms with Gasteiger partial charge < -0.3 is 14.6 Å². The molecule has 1 fully saturated rings. The number of hydrogen-bond acceptors (Lipinski definition) is 3. The Balaban J connectivity index is 1.69. The first-order valence-corrected chi connectivity index (χ1v) is 7.67. The molecule has 1 saturated carbocycles. The van der Waals surface area contributed by atoms with Gasteiger partial charge in [0.1, 0.15) is 11.9 Å². The maximum Gasteiger partial charge on any atom is 0.119 e. The maximum atomic E-state index is 10.1. The Kier molecular flexibility index (Phi) is 5.86. The molecular weight excluding hydrogens is 252 g/mol. The lowest BCUT2D eigenvalue weighted by Crippen LogP contribution is -2.15. The summed E-state index contributed by atoms with van der Waals surface area (Å²) >= 11 is 0. The summed E-state index contributed by atoms with van der Waals surface area (Å²) in [4.78, 5) is 0. The van der Waals surface area contributed by atoms with Crippen molar-refractivity contribution in [2.75, 3.05) is 13.2 Å². The Morgan fingerprint density at radius 2 is 1.90 bits per heavy atom. The van der Waals surface area contributed by atoms with Crippen molar-refractivity contribution in [3.05, 3.63) is 29.8 Å². The van der Waals surface area contributed by atoms with Crippen LogP contribution in [-0.2, 0) is 4.74 Å². The normalized spacial score (nSPS) is 17.0. The summed E-state index contributed by atoms with van der Waals surface area (Å²) in [5.41, 5.74) is 0.879. The fraction of sp³-hybridized carbons (Fsp3) is 0.647. The van der Waals surface area contributed by atoms with Crippen LogP contribution in [0.15, 0.2) is 24.3 Å². The highest BCUT2D eigenvalue weighted by Crippen LogP contribution is 2.29. The van der Waals surface area contributed by atoms with E-state index in [2.05, 4.69) is 0 Å². The third kappa shape index (κ3) is 4.80. The van der Waals surface area contributed by atoms with Crippen LogP contribution in [-0.4, -0.2) is 24.4 Å². The molecule has 20 heavy (non-hydrogen) atoms. The molecule has 2 rings (SSSR count). The molecule has 0 bridgehead atoms. The van der Waals surface area contributed by atoms with Crippen LogP contribution in [0.5, 0.6) is 5.75 Å². The molecule has 0 saturated heterocycles. The third-order valence-electron chi connectivity index (χ3n) is 3.81. The molecule has 112 valence electrons. The van der Waals surface area contributed by atoms with Crippen LogP contribution in [0.3, 0.4) is 0 Å². The van der Waals surface area contributed by atoms with E-state index < -0.39 is 6.10 Å². The Morgan fingerprint density at radius 3 is 2.45 bits per heavy atom. The van der Waals surface area contributed by atoms with Crippen LogP contribution in [0.4, 0.5) is 0 Å². The summed E-state index contributed by atoms with van der Waals surface area (Å²) in [7, 11) is 0. The number of ether oxygens (including phenoxy) is 2. The predicted molar refractivity (Wildman–Crippen MR) is 79.9 cm³/mol. The van der Waals surface area contributed by atoms with Crippen LogP contribution < -0.4 is 4.74 Å². The number of aliphatic hydroxyl groups is 1. The molecule has 3 nitrogen and oxygen atoms in total. The molecule has 0 aliphatic heterocycles. The molecule has 0 radical (unpaired) electrons. The Labute approximate surface area is 121 Å². The zero-order valence-corrected chi connectivity index (χ0v) is 12.5. The van der Waals surface area contributed by atoms with Gasteiger partial charge in [-0.2, -0.15) is 0 Å². The largest absolute Gasteiger partial charge is 0.491 e. The minimum atomic E-state index is -0.551. The highest BCUT2D eigenvalue weighted by Gasteiger charge is 2.17. The van der Waals surface area contributed by atoms with Gasteiger partial charge in [-0.25, -0.2) is 0 Å². The molecule has 1 aromatic carbocycles. The SMILES string of the molecule is CC(C)Oc1ccc(C(O)COCCC2CCC2)cc1. The zero-order chi connectivity index (χ0) is 14.4. The summed E-state index contributed by atoms with van der Waals surface area (Å²) < 4.78 is 11.1. The van der Waals surface area contributed by atoms with Gasteiger partial charge in [0.15, 0.2) is 0 Å². The summed E-state index contributed by atoms with van der Waals surface area (Å²) in [6.07, 6.45) is 4.82. The number of aliphatic hydroxyl groups excluding tert-OH is 1. The highest BCUT2D eigenvalue weighted by atomic mass is 16.5. The van der Waals surface area contributed by atoms with E-state index in [4.69, 9.17) is 9.47 Å². The van der Waals surface area contributed by atoms with Crippen molar-refractivity contribution in [3.63, 3.8) is 0 Å². The first-order valence-electron chi connectivity index (χ1n) is 7.67. The van der Waals surface area contributed by atoms with E-state index in [0.717, 1.165) is 30.3 Å². The van der Waals surface area contributed by atoms with Crippen molar-refractivity contribution in [2.45, 2.75) is 51.7 Å². The average Bonchev–Trinajstić information content (AvgIpc) is 2.36. The van der Waals surface area contributed by atoms with Crippen LogP contribution in [0.2, 0.25) is 0 Å². The zero-order valence-electron chi connectivity index (χ0n) is 12.5. The monoisotopic (exact) mass is 278 g/mol. The van der Waals surface area contributed by atoms with Gasteiger partial charge in [-0.1, -0.05) is 31.4 Å². The maximum absolute atomic E-state index is 10.1. The molecule has 0 spiro atoms. The molecule has 1 N–H and O–H groups in total. The molecule has 0 aromatic heterocycles. The van der Waals surface area contributed by atoms with Gasteiger partial charge in [-0.3, -0.25) is 0 Å². The third-order valence-corrected chi connectivity index (χ3v) is 3.81. The second-order valence-corrected chi connectivity index (χ2v) is 5.91. The van der Waals surface area contributed by atoms with Crippen molar-refractivity contribution in [3.8, 4) is 5.75 Å². The lowest BCUT2D eigenvalue weighted by Gasteiger charge is -2.25. The van der Waals surface area contributed by atoms with Crippen molar-refractivity contribution < 1.29 is 14.6 Å². The molecule has 3 heteroatoms. The van der Waals surface area contributed by atoms with Crippen LogP contribution in [0, 0.1) is 5.92 Å². The summed E-state index contributed by atoms with van der Waals surface area (Å²) in [6.45, 7) is 5.13. The lowest BCUT2D eigenvalue weighted by atomic mass is 9.83. The van der Waals surface area contributed by atoms with Crippen LogP contribution in [0.25, 0.3) is 0 Å². The highest BCUT2D eigenvalue weighted by molar-refractivity contribution is 5.28. The van der Waals surface area contributed by atoms with Crippen molar-refractivity contribution >= 4 is 0 Å². The Morgan fingerprint density at radius 1 is 1.20 bits per heavy atom. The van der Waals surface area contributed by atoms with E-state index in [0.29, 0.717) is 6.61 Å². The van der Waals surface area contributed by atoms with Crippen molar-refractivity contribution in [1.29, 1.82) is 0 Å². The van der Waals surface area contributed by atoms with Gasteiger partial charge in [0, 0.05) is 6.61 Å². The van der Waals surface area contributed by atoms with Gasteiger partial charge in [0.05, 0.1) is 12.7 Å². The number of benzene rings is 1. The summed E-state index contributed by atoms with van der Waals surface area (Å²) in [5.74, 6) is 1.70. The van der Waals surface area contributed by atoms with E-state index in [1.165, 1.54) is 19.3 Å². The molecule has 1 atom stereocenters. The molecule has 1 aliphatic rings. The smallest absolute Gasteiger partial charge is 0.119 e. The van der Waals surface area contributed by atoms with E-state index >= 15 is 0 Å². The van der Waals surface area contributed by atoms with E-state index in [9.17, 15) is 5.11 Å². The average molecular weight is 278 g/mol. The van der Waals surface area contributed by atoms with Crippen molar-refractivity contribution in [1.82, 2.24) is 0 Å². The van der Waals surface area contributed by atoms with E-state index in [1.807, 2.05) is 38.1 Å². The molecule has 1 aromatic rings. The Hall–Kier alpha value is -1.06. The molecule has 0 heterocycles. The molecular formula is C17H26O3. The summed E-state index contributed by atoms with van der Waals surface area (Å²) in [6, 6.07) is 7.59. The van der Waals surface area contributed by atoms with Gasteiger partial charge in [0.2, 0.25) is 0 Å². The topological polar surface area (TPSA) is 38.7 Å². The summed E-state index contributed by atoms with van der Waals surface area (Å²) in [5, 5.41) is 10.1. The molecule has 1 unspecified atom stereocenters. The molecule has 1 aliphatic carbocycles. The number of rotatable bonds is 8. The number of hydrogen-bond donors (Lipinski definition) is 1. The van der Waals surface area contributed by atoms with Gasteiger partial charge in [0.25, 0.3) is 0 Å². The standard InChI is InChI=1S/C17H26O3/c1-13(2)20-16-8-6-15(7-9-16)17(18)12-19-11-10-14-4-3-5-14/h6-9,13-14,17-18H,3-5,10-12H2,1-2H3. The fourth-order valence-corrected chi connectivity index (χ4v) is 2.36. The van der Waals surface area contributed by atoms with Gasteiger partial charge in [-0.05, 0) is 43.9 Å². The second kappa shape index (κ2) is 7.65. The quantitative estimate of drug-likeness (QED) is 0.737. The predicted octanol–water partition coefficient (Wildman–Crippen LogP) is 3.71. The van der Waals surface area contributed by atoms with Crippen molar-refractivity contribution in [2.24, 2.45) is 5.92 Å².